The Balaban J connectivity index is 1.94. The van der Waals surface area contributed by atoms with Crippen molar-refractivity contribution in [3.63, 3.8) is 0 Å². The Kier molecular flexibility index (Phi) is 5.40. The lowest BCUT2D eigenvalue weighted by Gasteiger charge is -2.33. The van der Waals surface area contributed by atoms with Gasteiger partial charge in [0, 0.05) is 31.7 Å². The first kappa shape index (κ1) is 15.3. The van der Waals surface area contributed by atoms with E-state index in [0.717, 1.165) is 18.1 Å². The summed E-state index contributed by atoms with van der Waals surface area (Å²) in [5.74, 6) is 0.322. The Morgan fingerprint density at radius 1 is 1.60 bits per heavy atom. The van der Waals surface area contributed by atoms with Crippen molar-refractivity contribution < 1.29 is 9.53 Å². The van der Waals surface area contributed by atoms with Gasteiger partial charge in [0.2, 0.25) is 5.91 Å². The van der Waals surface area contributed by atoms with Crippen molar-refractivity contribution in [1.29, 1.82) is 0 Å². The zero-order chi connectivity index (χ0) is 14.5. The number of ether oxygens (including phenoxy) is 1. The second kappa shape index (κ2) is 7.07. The molecule has 1 heterocycles. The highest BCUT2D eigenvalue weighted by Gasteiger charge is 2.26. The van der Waals surface area contributed by atoms with Crippen molar-refractivity contribution in [3.05, 3.63) is 34.9 Å². The van der Waals surface area contributed by atoms with E-state index in [1.54, 1.807) is 7.05 Å². The number of hydrogen-bond donors (Lipinski definition) is 1. The van der Waals surface area contributed by atoms with Crippen LogP contribution in [0.5, 0.6) is 0 Å². The molecule has 20 heavy (non-hydrogen) atoms. The van der Waals surface area contributed by atoms with E-state index >= 15 is 0 Å². The van der Waals surface area contributed by atoms with Crippen LogP contribution in [0.2, 0.25) is 5.02 Å². The van der Waals surface area contributed by atoms with E-state index in [-0.39, 0.29) is 12.0 Å². The zero-order valence-corrected chi connectivity index (χ0v) is 12.7. The molecule has 0 aromatic heterocycles. The summed E-state index contributed by atoms with van der Waals surface area (Å²) in [6, 6.07) is 7.95. The third-order valence-electron chi connectivity index (χ3n) is 3.64. The molecule has 1 amide bonds. The Hall–Kier alpha value is -1.10. The predicted molar refractivity (Wildman–Crippen MR) is 80.1 cm³/mol. The number of nitrogens with zero attached hydrogens (tertiary/aromatic N) is 1. The van der Waals surface area contributed by atoms with Crippen LogP contribution >= 0.6 is 11.6 Å². The Morgan fingerprint density at radius 3 is 3.10 bits per heavy atom. The summed E-state index contributed by atoms with van der Waals surface area (Å²) in [6.07, 6.45) is -0.361. The van der Waals surface area contributed by atoms with Gasteiger partial charge in [-0.2, -0.15) is 0 Å². The number of hydrogen-bond acceptors (Lipinski definition) is 3. The van der Waals surface area contributed by atoms with E-state index in [2.05, 4.69) is 23.2 Å². The van der Waals surface area contributed by atoms with Gasteiger partial charge in [-0.05, 0) is 23.6 Å². The molecule has 0 spiro atoms. The van der Waals surface area contributed by atoms with Gasteiger partial charge in [-0.3, -0.25) is 9.69 Å². The minimum Gasteiger partial charge on any atom is -0.366 e. The van der Waals surface area contributed by atoms with Gasteiger partial charge in [0.25, 0.3) is 0 Å². The van der Waals surface area contributed by atoms with Crippen molar-refractivity contribution in [2.75, 3.05) is 33.3 Å². The van der Waals surface area contributed by atoms with Crippen LogP contribution in [0, 0.1) is 0 Å². The molecular formula is C15H21ClN2O2. The third-order valence-corrected chi connectivity index (χ3v) is 3.87. The molecule has 1 aliphatic rings. The first-order valence-electron chi connectivity index (χ1n) is 6.91. The maximum atomic E-state index is 11.6. The lowest BCUT2D eigenvalue weighted by Crippen LogP contribution is -2.49. The SMILES string of the molecule is CNC(=O)[C@@H]1CN(C[C@@H](C)c2cccc(Cl)c2)CCO1. The van der Waals surface area contributed by atoms with Crippen LogP contribution in [0.15, 0.2) is 24.3 Å². The monoisotopic (exact) mass is 296 g/mol. The largest absolute Gasteiger partial charge is 0.366 e. The van der Waals surface area contributed by atoms with E-state index in [1.165, 1.54) is 5.56 Å². The number of morpholine rings is 1. The molecule has 0 aliphatic carbocycles. The summed E-state index contributed by atoms with van der Waals surface area (Å²) in [6.45, 7) is 5.18. The van der Waals surface area contributed by atoms with Gasteiger partial charge in [0.05, 0.1) is 6.61 Å². The van der Waals surface area contributed by atoms with Gasteiger partial charge in [-0.1, -0.05) is 30.7 Å². The molecule has 1 fully saturated rings. The summed E-state index contributed by atoms with van der Waals surface area (Å²) in [4.78, 5) is 13.9. The fraction of sp³-hybridized carbons (Fsp3) is 0.533. The van der Waals surface area contributed by atoms with Crippen molar-refractivity contribution in [2.45, 2.75) is 18.9 Å². The minimum atomic E-state index is -0.361. The van der Waals surface area contributed by atoms with Crippen LogP contribution in [0.4, 0.5) is 0 Å². The minimum absolute atomic E-state index is 0.0508. The highest BCUT2D eigenvalue weighted by atomic mass is 35.5. The van der Waals surface area contributed by atoms with Crippen LogP contribution in [0.3, 0.4) is 0 Å². The first-order valence-corrected chi connectivity index (χ1v) is 7.29. The summed E-state index contributed by atoms with van der Waals surface area (Å²) in [7, 11) is 1.64. The number of rotatable bonds is 4. The van der Waals surface area contributed by atoms with Gasteiger partial charge < -0.3 is 10.1 Å². The van der Waals surface area contributed by atoms with Crippen molar-refractivity contribution in [3.8, 4) is 0 Å². The molecule has 4 nitrogen and oxygen atoms in total. The average Bonchev–Trinajstić information content (AvgIpc) is 2.46. The van der Waals surface area contributed by atoms with Gasteiger partial charge in [0.15, 0.2) is 0 Å². The maximum absolute atomic E-state index is 11.6. The van der Waals surface area contributed by atoms with E-state index in [1.807, 2.05) is 18.2 Å². The van der Waals surface area contributed by atoms with Gasteiger partial charge in [0.1, 0.15) is 6.10 Å². The average molecular weight is 297 g/mol. The lowest BCUT2D eigenvalue weighted by atomic mass is 10.0. The van der Waals surface area contributed by atoms with Crippen LogP contribution in [0.25, 0.3) is 0 Å². The number of likely N-dealkylation sites (N-methyl/N-ethyl adjacent to an activating group) is 1. The van der Waals surface area contributed by atoms with Gasteiger partial charge in [-0.25, -0.2) is 0 Å². The molecular weight excluding hydrogens is 276 g/mol. The van der Waals surface area contributed by atoms with Gasteiger partial charge in [-0.15, -0.1) is 0 Å². The lowest BCUT2D eigenvalue weighted by molar-refractivity contribution is -0.138. The summed E-state index contributed by atoms with van der Waals surface area (Å²) >= 11 is 6.03. The molecule has 0 radical (unpaired) electrons. The van der Waals surface area contributed by atoms with Crippen LogP contribution in [0.1, 0.15) is 18.4 Å². The van der Waals surface area contributed by atoms with Gasteiger partial charge >= 0.3 is 0 Å². The molecule has 5 heteroatoms. The van der Waals surface area contributed by atoms with E-state index in [4.69, 9.17) is 16.3 Å². The summed E-state index contributed by atoms with van der Waals surface area (Å²) < 4.78 is 5.49. The summed E-state index contributed by atoms with van der Waals surface area (Å²) in [5, 5.41) is 3.40. The molecule has 1 aromatic carbocycles. The fourth-order valence-electron chi connectivity index (χ4n) is 2.49. The highest BCUT2D eigenvalue weighted by Crippen LogP contribution is 2.21. The number of benzene rings is 1. The molecule has 110 valence electrons. The predicted octanol–water partition coefficient (Wildman–Crippen LogP) is 1.89. The normalized spacial score (nSPS) is 21.4. The molecule has 2 atom stereocenters. The topological polar surface area (TPSA) is 41.6 Å². The van der Waals surface area contributed by atoms with Crippen LogP contribution in [-0.4, -0.2) is 50.2 Å². The number of amides is 1. The van der Waals surface area contributed by atoms with Crippen molar-refractivity contribution in [1.82, 2.24) is 10.2 Å². The molecule has 1 aliphatic heterocycles. The molecule has 0 saturated carbocycles. The number of nitrogens with one attached hydrogen (secondary N) is 1. The summed E-state index contributed by atoms with van der Waals surface area (Å²) in [5.41, 5.74) is 1.22. The Bertz CT molecular complexity index is 467. The zero-order valence-electron chi connectivity index (χ0n) is 11.9. The fourth-order valence-corrected chi connectivity index (χ4v) is 2.69. The first-order chi connectivity index (χ1) is 9.60. The Labute approximate surface area is 125 Å². The Morgan fingerprint density at radius 2 is 2.40 bits per heavy atom. The van der Waals surface area contributed by atoms with Crippen LogP contribution < -0.4 is 5.32 Å². The smallest absolute Gasteiger partial charge is 0.250 e. The quantitative estimate of drug-likeness (QED) is 0.922. The maximum Gasteiger partial charge on any atom is 0.250 e. The highest BCUT2D eigenvalue weighted by molar-refractivity contribution is 6.30. The molecule has 0 bridgehead atoms. The molecule has 2 rings (SSSR count). The van der Waals surface area contributed by atoms with E-state index in [9.17, 15) is 4.79 Å². The molecule has 0 unspecified atom stereocenters. The standard InChI is InChI=1S/C15H21ClN2O2/c1-11(12-4-3-5-13(16)8-12)9-18-6-7-20-14(10-18)15(19)17-2/h3-5,8,11,14H,6-7,9-10H2,1-2H3,(H,17,19)/t11-,14+/m1/s1. The second-order valence-corrected chi connectivity index (χ2v) is 5.63. The van der Waals surface area contributed by atoms with E-state index in [0.29, 0.717) is 19.1 Å². The van der Waals surface area contributed by atoms with Crippen molar-refractivity contribution >= 4 is 17.5 Å². The molecule has 1 aromatic rings. The third kappa shape index (κ3) is 3.95. The molecule has 1 N–H and O–H groups in total. The number of carbonyl (C=O) groups is 1. The van der Waals surface area contributed by atoms with Crippen molar-refractivity contribution in [2.24, 2.45) is 0 Å². The van der Waals surface area contributed by atoms with E-state index < -0.39 is 0 Å². The number of halogens is 1. The van der Waals surface area contributed by atoms with Crippen LogP contribution in [-0.2, 0) is 9.53 Å². The molecule has 1 saturated heterocycles. The number of carbonyl (C=O) groups excluding carboxylic acids is 1. The second-order valence-electron chi connectivity index (χ2n) is 5.19.